The molecule has 0 heterocycles. The van der Waals surface area contributed by atoms with Crippen molar-refractivity contribution < 1.29 is 9.59 Å². The Morgan fingerprint density at radius 2 is 0.907 bits per heavy atom. The van der Waals surface area contributed by atoms with Crippen LogP contribution in [0, 0.1) is 41.5 Å². The average Bonchev–Trinajstić information content (AvgIpc) is 2.98. The van der Waals surface area contributed by atoms with E-state index in [0.717, 1.165) is 65.5 Å². The summed E-state index contributed by atoms with van der Waals surface area (Å²) in [5, 5.41) is 7.07. The Morgan fingerprint density at radius 3 is 1.23 bits per heavy atom. The van der Waals surface area contributed by atoms with Crippen LogP contribution in [0.5, 0.6) is 0 Å². The van der Waals surface area contributed by atoms with Crippen LogP contribution in [-0.2, 0) is 35.3 Å². The monoisotopic (exact) mass is 578 g/mol. The molecule has 6 nitrogen and oxygen atoms in total. The Kier molecular flexibility index (Phi) is 9.48. The van der Waals surface area contributed by atoms with E-state index < -0.39 is 12.1 Å². The van der Waals surface area contributed by atoms with Gasteiger partial charge in [-0.15, -0.1) is 0 Å². The second-order valence-corrected chi connectivity index (χ2v) is 12.8. The van der Waals surface area contributed by atoms with Crippen molar-refractivity contribution in [2.75, 3.05) is 0 Å². The molecular weight excluding hydrogens is 532 g/mol. The van der Waals surface area contributed by atoms with Crippen molar-refractivity contribution in [1.82, 2.24) is 0 Å². The zero-order valence-electron chi connectivity index (χ0n) is 27.7. The summed E-state index contributed by atoms with van der Waals surface area (Å²) in [6.07, 6.45) is 5.93. The molecule has 0 aromatic heterocycles. The maximum atomic E-state index is 12.9. The zero-order chi connectivity index (χ0) is 31.9. The highest BCUT2D eigenvalue weighted by Gasteiger charge is 2.31. The third-order valence-electron chi connectivity index (χ3n) is 10.6. The van der Waals surface area contributed by atoms with Crippen molar-refractivity contribution in [3.63, 3.8) is 0 Å². The lowest BCUT2D eigenvalue weighted by Gasteiger charge is -2.31. The van der Waals surface area contributed by atoms with Gasteiger partial charge in [-0.1, -0.05) is 6.42 Å². The highest BCUT2D eigenvalue weighted by atomic mass is 16.1. The van der Waals surface area contributed by atoms with Crippen molar-refractivity contribution in [3.05, 3.63) is 89.0 Å². The summed E-state index contributed by atoms with van der Waals surface area (Å²) < 4.78 is 0. The quantitative estimate of drug-likeness (QED) is 0.207. The normalized spacial score (nSPS) is 16.3. The SMILES string of the molecule is CC1=C(C(C)N=[N-])c2c(C)c(C)c(CCCCCc3c(C)c(C)c4c(c3C)CC(=O)C(C)=C4C(C)N=[N-])c(C)c2CC1=O. The Hall–Kier alpha value is -3.54. The lowest BCUT2D eigenvalue weighted by molar-refractivity contribution is -0.115. The molecular formula is C37H46N4O2-2. The van der Waals surface area contributed by atoms with Crippen LogP contribution in [0.2, 0.25) is 0 Å². The number of unbranched alkanes of at least 4 members (excludes halogenated alkanes) is 2. The van der Waals surface area contributed by atoms with Crippen molar-refractivity contribution in [2.45, 2.75) is 126 Å². The molecule has 2 aliphatic carbocycles. The van der Waals surface area contributed by atoms with Crippen LogP contribution >= 0.6 is 0 Å². The highest BCUT2D eigenvalue weighted by Crippen LogP contribution is 2.42. The van der Waals surface area contributed by atoms with Crippen LogP contribution in [-0.4, -0.2) is 23.7 Å². The topological polar surface area (TPSA) is 103 Å². The van der Waals surface area contributed by atoms with Gasteiger partial charge in [-0.05, 0) is 184 Å². The molecule has 2 aliphatic rings. The van der Waals surface area contributed by atoms with E-state index in [1.54, 1.807) is 0 Å². The van der Waals surface area contributed by atoms with Crippen LogP contribution in [0.3, 0.4) is 0 Å². The number of benzene rings is 2. The molecule has 43 heavy (non-hydrogen) atoms. The Balaban J connectivity index is 1.54. The first-order valence-corrected chi connectivity index (χ1v) is 15.7. The summed E-state index contributed by atoms with van der Waals surface area (Å²) in [6.45, 7) is 20.3. The molecule has 2 aromatic rings. The average molecular weight is 579 g/mol. The minimum atomic E-state index is -0.441. The summed E-state index contributed by atoms with van der Waals surface area (Å²) in [4.78, 5) is 25.9. The van der Waals surface area contributed by atoms with E-state index in [1.807, 2.05) is 27.7 Å². The van der Waals surface area contributed by atoms with E-state index in [1.165, 1.54) is 44.5 Å². The summed E-state index contributed by atoms with van der Waals surface area (Å²) >= 11 is 0. The third kappa shape index (κ3) is 5.49. The summed E-state index contributed by atoms with van der Waals surface area (Å²) in [5.41, 5.74) is 36.7. The number of hydrogen-bond acceptors (Lipinski definition) is 4. The molecule has 0 N–H and O–H groups in total. The molecule has 0 spiro atoms. The predicted molar refractivity (Wildman–Crippen MR) is 176 cm³/mol. The number of Topliss-reactive ketones (excluding diaryl/α,β-unsaturated/α-hetero) is 2. The first kappa shape index (κ1) is 32.4. The maximum absolute atomic E-state index is 12.9. The van der Waals surface area contributed by atoms with E-state index in [4.69, 9.17) is 0 Å². The van der Waals surface area contributed by atoms with Crippen LogP contribution in [0.15, 0.2) is 21.4 Å². The Labute approximate surface area is 257 Å². The van der Waals surface area contributed by atoms with Gasteiger partial charge in [0.2, 0.25) is 0 Å². The molecule has 6 heteroatoms. The van der Waals surface area contributed by atoms with E-state index in [-0.39, 0.29) is 11.6 Å². The fourth-order valence-corrected chi connectivity index (χ4v) is 7.71. The van der Waals surface area contributed by atoms with Crippen LogP contribution in [0.1, 0.15) is 114 Å². The number of carbonyl (C=O) groups is 2. The minimum Gasteiger partial charge on any atom is -0.711 e. The molecule has 0 fully saturated rings. The number of ketones is 2. The van der Waals surface area contributed by atoms with Gasteiger partial charge in [0.1, 0.15) is 0 Å². The van der Waals surface area contributed by atoms with E-state index in [2.05, 4.69) is 51.8 Å². The molecule has 0 radical (unpaired) electrons. The molecule has 0 saturated heterocycles. The fraction of sp³-hybridized carbons (Fsp3) is 0.514. The molecule has 0 bridgehead atoms. The lowest BCUT2D eigenvalue weighted by atomic mass is 9.75. The first-order chi connectivity index (χ1) is 20.3. The minimum absolute atomic E-state index is 0.112. The number of allylic oxidation sites excluding steroid dienone is 2. The zero-order valence-corrected chi connectivity index (χ0v) is 27.7. The summed E-state index contributed by atoms with van der Waals surface area (Å²) in [5.74, 6) is 0.224. The summed E-state index contributed by atoms with van der Waals surface area (Å²) in [6, 6.07) is -0.883. The van der Waals surface area contributed by atoms with Gasteiger partial charge in [0.05, 0.1) is 0 Å². The highest BCUT2D eigenvalue weighted by molar-refractivity contribution is 6.09. The largest absolute Gasteiger partial charge is 0.711 e. The van der Waals surface area contributed by atoms with Gasteiger partial charge >= 0.3 is 0 Å². The van der Waals surface area contributed by atoms with E-state index in [9.17, 15) is 20.7 Å². The molecule has 2 aromatic carbocycles. The lowest BCUT2D eigenvalue weighted by Crippen LogP contribution is -2.22. The number of hydrogen-bond donors (Lipinski definition) is 0. The number of fused-ring (bicyclic) bond motifs is 2. The van der Waals surface area contributed by atoms with Gasteiger partial charge in [-0.2, -0.15) is 0 Å². The molecule has 228 valence electrons. The molecule has 0 aliphatic heterocycles. The van der Waals surface area contributed by atoms with Crippen LogP contribution in [0.25, 0.3) is 22.2 Å². The Bertz CT molecular complexity index is 1500. The van der Waals surface area contributed by atoms with E-state index in [0.29, 0.717) is 24.0 Å². The van der Waals surface area contributed by atoms with Gasteiger partial charge in [-0.3, -0.25) is 9.59 Å². The standard InChI is InChI=1S/C37H46N4O2/c1-18-20(3)36-30(16-32(42)24(7)34(36)26(9)40-38)22(5)28(18)14-12-11-13-15-29-19(2)21(4)37-31(23(29)6)17-33(43)25(8)35(37)27(10)41-39/h26-27H,11-17H2,1-10H3/q-2. The van der Waals surface area contributed by atoms with Crippen LogP contribution in [0.4, 0.5) is 0 Å². The number of rotatable bonds is 10. The van der Waals surface area contributed by atoms with Crippen molar-refractivity contribution in [3.8, 4) is 0 Å². The predicted octanol–water partition coefficient (Wildman–Crippen LogP) is 9.11. The van der Waals surface area contributed by atoms with Gasteiger partial charge < -0.3 is 21.3 Å². The van der Waals surface area contributed by atoms with Crippen LogP contribution < -0.4 is 0 Å². The maximum Gasteiger partial charge on any atom is 0.163 e. The number of nitrogens with zero attached hydrogens (tertiary/aromatic N) is 4. The van der Waals surface area contributed by atoms with Gasteiger partial charge in [0.15, 0.2) is 11.6 Å². The second-order valence-electron chi connectivity index (χ2n) is 12.8. The molecule has 2 unspecified atom stereocenters. The van der Waals surface area contributed by atoms with Gasteiger partial charge in [-0.25, -0.2) is 0 Å². The second kappa shape index (κ2) is 12.6. The smallest absolute Gasteiger partial charge is 0.163 e. The van der Waals surface area contributed by atoms with Gasteiger partial charge in [0, 0.05) is 24.9 Å². The van der Waals surface area contributed by atoms with Crippen molar-refractivity contribution in [1.29, 1.82) is 0 Å². The van der Waals surface area contributed by atoms with Crippen molar-refractivity contribution >= 4 is 22.7 Å². The molecule has 0 saturated carbocycles. The molecule has 0 amide bonds. The number of carbonyl (C=O) groups excluding carboxylic acids is 2. The van der Waals surface area contributed by atoms with Crippen molar-refractivity contribution in [2.24, 2.45) is 10.2 Å². The van der Waals surface area contributed by atoms with E-state index >= 15 is 0 Å². The third-order valence-corrected chi connectivity index (χ3v) is 10.6. The Morgan fingerprint density at radius 1 is 0.558 bits per heavy atom. The fourth-order valence-electron chi connectivity index (χ4n) is 7.71. The van der Waals surface area contributed by atoms with Gasteiger partial charge in [0.25, 0.3) is 0 Å². The summed E-state index contributed by atoms with van der Waals surface area (Å²) in [7, 11) is 0. The molecule has 2 atom stereocenters. The molecule has 4 rings (SSSR count). The first-order valence-electron chi connectivity index (χ1n) is 15.7.